The van der Waals surface area contributed by atoms with E-state index < -0.39 is 0 Å². The number of amides is 1. The predicted octanol–water partition coefficient (Wildman–Crippen LogP) is 1.86. The zero-order chi connectivity index (χ0) is 19.9. The summed E-state index contributed by atoms with van der Waals surface area (Å²) in [6, 6.07) is 8.22. The number of rotatable bonds is 6. The molecule has 0 aromatic carbocycles. The van der Waals surface area contributed by atoms with Gasteiger partial charge in [0.25, 0.3) is 0 Å². The van der Waals surface area contributed by atoms with Crippen molar-refractivity contribution in [2.75, 3.05) is 26.2 Å². The molecule has 2 saturated heterocycles. The van der Waals surface area contributed by atoms with E-state index in [0.29, 0.717) is 12.6 Å². The minimum atomic E-state index is 0.0863. The van der Waals surface area contributed by atoms with Crippen molar-refractivity contribution in [3.8, 4) is 0 Å². The molecule has 29 heavy (non-hydrogen) atoms. The highest BCUT2D eigenvalue weighted by Crippen LogP contribution is 2.24. The Labute approximate surface area is 172 Å². The quantitative estimate of drug-likeness (QED) is 0.806. The Morgan fingerprint density at radius 3 is 2.55 bits per heavy atom. The van der Waals surface area contributed by atoms with Crippen molar-refractivity contribution < 1.29 is 4.79 Å². The van der Waals surface area contributed by atoms with E-state index in [-0.39, 0.29) is 11.8 Å². The molecule has 2 fully saturated rings. The Bertz CT molecular complexity index is 763. The average molecular weight is 395 g/mol. The molecule has 7 nitrogen and oxygen atoms in total. The van der Waals surface area contributed by atoms with Gasteiger partial charge in [0.1, 0.15) is 5.82 Å². The van der Waals surface area contributed by atoms with Crippen molar-refractivity contribution in [1.29, 1.82) is 0 Å². The first-order chi connectivity index (χ1) is 14.3. The largest absolute Gasteiger partial charge is 0.350 e. The van der Waals surface area contributed by atoms with Gasteiger partial charge in [0.15, 0.2) is 0 Å². The van der Waals surface area contributed by atoms with E-state index in [0.717, 1.165) is 69.9 Å². The number of likely N-dealkylation sites (tertiary alicyclic amines) is 2. The summed E-state index contributed by atoms with van der Waals surface area (Å²) in [5.41, 5.74) is 0.906. The molecule has 0 unspecified atom stereocenters. The van der Waals surface area contributed by atoms with Gasteiger partial charge in [-0.15, -0.1) is 0 Å². The van der Waals surface area contributed by atoms with Gasteiger partial charge in [-0.2, -0.15) is 0 Å². The molecule has 1 amide bonds. The Hall–Kier alpha value is -2.38. The number of nitrogens with one attached hydrogen (secondary N) is 1. The van der Waals surface area contributed by atoms with Gasteiger partial charge < -0.3 is 5.32 Å². The van der Waals surface area contributed by atoms with Gasteiger partial charge in [-0.25, -0.2) is 9.97 Å². The number of carbonyl (C=O) groups excluding carboxylic acids is 1. The fourth-order valence-corrected chi connectivity index (χ4v) is 4.43. The maximum Gasteiger partial charge on any atom is 0.224 e. The molecule has 2 aromatic heterocycles. The molecule has 0 radical (unpaired) electrons. The highest BCUT2D eigenvalue weighted by atomic mass is 16.1. The van der Waals surface area contributed by atoms with Gasteiger partial charge in [-0.3, -0.25) is 19.6 Å². The van der Waals surface area contributed by atoms with E-state index in [1.807, 2.05) is 36.7 Å². The normalized spacial score (nSPS) is 21.7. The lowest BCUT2D eigenvalue weighted by molar-refractivity contribution is -0.127. The fraction of sp³-hybridized carbons (Fsp3) is 0.545. The molecule has 0 aliphatic carbocycles. The van der Waals surface area contributed by atoms with Crippen LogP contribution < -0.4 is 5.32 Å². The Morgan fingerprint density at radius 1 is 1.00 bits per heavy atom. The zero-order valence-corrected chi connectivity index (χ0v) is 16.9. The van der Waals surface area contributed by atoms with Crippen molar-refractivity contribution in [3.63, 3.8) is 0 Å². The highest BCUT2D eigenvalue weighted by Gasteiger charge is 2.31. The molecular formula is C22H30N6O. The van der Waals surface area contributed by atoms with Crippen molar-refractivity contribution in [3.05, 3.63) is 54.4 Å². The average Bonchev–Trinajstić information content (AvgIpc) is 2.79. The third-order valence-electron chi connectivity index (χ3n) is 6.05. The SMILES string of the molecule is O=C(NCc1ccccn1)[C@@H]1CCCN(C2CCN(Cc3ncccn3)CC2)C1. The van der Waals surface area contributed by atoms with Gasteiger partial charge in [0.2, 0.25) is 5.91 Å². The number of nitrogens with zero attached hydrogens (tertiary/aromatic N) is 5. The van der Waals surface area contributed by atoms with Crippen molar-refractivity contribution >= 4 is 5.91 Å². The molecule has 1 atom stereocenters. The van der Waals surface area contributed by atoms with E-state index in [4.69, 9.17) is 0 Å². The summed E-state index contributed by atoms with van der Waals surface area (Å²) in [5, 5.41) is 3.08. The lowest BCUT2D eigenvalue weighted by Crippen LogP contribution is -2.50. The molecule has 0 spiro atoms. The molecule has 0 saturated carbocycles. The molecule has 2 aliphatic rings. The minimum Gasteiger partial charge on any atom is -0.350 e. The predicted molar refractivity (Wildman–Crippen MR) is 111 cm³/mol. The van der Waals surface area contributed by atoms with Crippen LogP contribution >= 0.6 is 0 Å². The van der Waals surface area contributed by atoms with Crippen LogP contribution in [0, 0.1) is 5.92 Å². The number of hydrogen-bond acceptors (Lipinski definition) is 6. The molecule has 0 bridgehead atoms. The molecule has 2 aromatic rings. The van der Waals surface area contributed by atoms with E-state index in [2.05, 4.69) is 30.1 Å². The number of pyridine rings is 1. The maximum absolute atomic E-state index is 12.7. The van der Waals surface area contributed by atoms with Crippen LogP contribution in [0.15, 0.2) is 42.9 Å². The second-order valence-corrected chi connectivity index (χ2v) is 8.05. The van der Waals surface area contributed by atoms with E-state index in [1.165, 1.54) is 0 Å². The topological polar surface area (TPSA) is 74.2 Å². The minimum absolute atomic E-state index is 0.0863. The smallest absolute Gasteiger partial charge is 0.224 e. The van der Waals surface area contributed by atoms with Crippen LogP contribution in [0.1, 0.15) is 37.2 Å². The van der Waals surface area contributed by atoms with Crippen molar-refractivity contribution in [2.24, 2.45) is 5.92 Å². The first-order valence-electron chi connectivity index (χ1n) is 10.7. The summed E-state index contributed by atoms with van der Waals surface area (Å²) in [7, 11) is 0. The number of piperidine rings is 2. The summed E-state index contributed by atoms with van der Waals surface area (Å²) in [5.74, 6) is 1.15. The Kier molecular flexibility index (Phi) is 6.79. The lowest BCUT2D eigenvalue weighted by Gasteiger charge is -2.41. The van der Waals surface area contributed by atoms with Crippen LogP contribution in [0.2, 0.25) is 0 Å². The molecule has 7 heteroatoms. The molecule has 1 N–H and O–H groups in total. The van der Waals surface area contributed by atoms with Crippen LogP contribution in [0.5, 0.6) is 0 Å². The Morgan fingerprint density at radius 2 is 1.79 bits per heavy atom. The van der Waals surface area contributed by atoms with E-state index in [1.54, 1.807) is 6.20 Å². The number of hydrogen-bond donors (Lipinski definition) is 1. The number of aromatic nitrogens is 3. The molecule has 4 rings (SSSR count). The van der Waals surface area contributed by atoms with Gasteiger partial charge in [0, 0.05) is 44.3 Å². The molecule has 154 valence electrons. The van der Waals surface area contributed by atoms with Crippen LogP contribution in [0.3, 0.4) is 0 Å². The summed E-state index contributed by atoms with van der Waals surface area (Å²) >= 11 is 0. The summed E-state index contributed by atoms with van der Waals surface area (Å²) in [4.78, 5) is 30.6. The Balaban J connectivity index is 1.23. The standard InChI is InChI=1S/C22H30N6O/c29-22(26-15-19-6-1-2-9-23-19)18-5-3-12-28(16-18)20-7-13-27(14-8-20)17-21-24-10-4-11-25-21/h1-2,4,6,9-11,18,20H,3,5,7-8,12-17H2,(H,26,29)/t18-/m1/s1. The van der Waals surface area contributed by atoms with Crippen molar-refractivity contribution in [1.82, 2.24) is 30.1 Å². The van der Waals surface area contributed by atoms with Crippen molar-refractivity contribution in [2.45, 2.75) is 44.8 Å². The molecule has 2 aliphatic heterocycles. The van der Waals surface area contributed by atoms with Crippen LogP contribution in [-0.4, -0.2) is 62.9 Å². The van der Waals surface area contributed by atoms with E-state index in [9.17, 15) is 4.79 Å². The summed E-state index contributed by atoms with van der Waals surface area (Å²) < 4.78 is 0. The van der Waals surface area contributed by atoms with Gasteiger partial charge in [-0.1, -0.05) is 6.07 Å². The van der Waals surface area contributed by atoms with Gasteiger partial charge in [0.05, 0.1) is 24.7 Å². The first-order valence-corrected chi connectivity index (χ1v) is 10.7. The lowest BCUT2D eigenvalue weighted by atomic mass is 9.93. The van der Waals surface area contributed by atoms with Gasteiger partial charge in [-0.05, 0) is 50.4 Å². The first kappa shape index (κ1) is 19.9. The van der Waals surface area contributed by atoms with Crippen LogP contribution in [-0.2, 0) is 17.9 Å². The maximum atomic E-state index is 12.7. The summed E-state index contributed by atoms with van der Waals surface area (Å²) in [6.07, 6.45) is 9.75. The van der Waals surface area contributed by atoms with Crippen LogP contribution in [0.25, 0.3) is 0 Å². The van der Waals surface area contributed by atoms with Gasteiger partial charge >= 0.3 is 0 Å². The molecular weight excluding hydrogens is 364 g/mol. The highest BCUT2D eigenvalue weighted by molar-refractivity contribution is 5.78. The number of carbonyl (C=O) groups is 1. The van der Waals surface area contributed by atoms with Crippen LogP contribution in [0.4, 0.5) is 0 Å². The second-order valence-electron chi connectivity index (χ2n) is 8.05. The third kappa shape index (κ3) is 5.58. The zero-order valence-electron chi connectivity index (χ0n) is 16.9. The third-order valence-corrected chi connectivity index (χ3v) is 6.05. The monoisotopic (exact) mass is 394 g/mol. The van der Waals surface area contributed by atoms with E-state index >= 15 is 0 Å². The fourth-order valence-electron chi connectivity index (χ4n) is 4.43. The molecule has 4 heterocycles. The summed E-state index contributed by atoms with van der Waals surface area (Å²) in [6.45, 7) is 5.45. The second kappa shape index (κ2) is 9.89.